The number of benzene rings is 2. The number of nitrogens with one attached hydrogen (secondary N) is 1. The van der Waals surface area contributed by atoms with Gasteiger partial charge in [-0.25, -0.2) is 0 Å². The Morgan fingerprint density at radius 3 is 2.74 bits per heavy atom. The Kier molecular flexibility index (Phi) is 5.42. The molecule has 1 saturated carbocycles. The zero-order chi connectivity index (χ0) is 18.8. The van der Waals surface area contributed by atoms with Crippen molar-refractivity contribution in [1.29, 1.82) is 0 Å². The maximum atomic E-state index is 6.23. The SMILES string of the molecule is Cc1cc(Cl)ccc1OC1[CH]CCC(Nc2ccnc3cc(Cl)ccc23)C1. The third-order valence-corrected chi connectivity index (χ3v) is 5.41. The van der Waals surface area contributed by atoms with Crippen molar-refractivity contribution in [2.24, 2.45) is 0 Å². The molecular weight excluding hydrogens is 379 g/mol. The van der Waals surface area contributed by atoms with Crippen molar-refractivity contribution in [1.82, 2.24) is 4.98 Å². The zero-order valence-electron chi connectivity index (χ0n) is 15.1. The topological polar surface area (TPSA) is 34.1 Å². The van der Waals surface area contributed by atoms with Gasteiger partial charge < -0.3 is 10.1 Å². The van der Waals surface area contributed by atoms with Crippen LogP contribution in [0.5, 0.6) is 5.75 Å². The monoisotopic (exact) mass is 399 g/mol. The van der Waals surface area contributed by atoms with Crippen molar-refractivity contribution in [2.75, 3.05) is 5.32 Å². The van der Waals surface area contributed by atoms with E-state index in [2.05, 4.69) is 16.7 Å². The Morgan fingerprint density at radius 1 is 1.07 bits per heavy atom. The molecule has 1 N–H and O–H groups in total. The first-order chi connectivity index (χ1) is 13.1. The molecule has 2 aromatic carbocycles. The van der Waals surface area contributed by atoms with Crippen LogP contribution in [0, 0.1) is 13.3 Å². The average Bonchev–Trinajstić information content (AvgIpc) is 2.64. The fourth-order valence-electron chi connectivity index (χ4n) is 3.58. The smallest absolute Gasteiger partial charge is 0.122 e. The fraction of sp³-hybridized carbons (Fsp3) is 0.273. The summed E-state index contributed by atoms with van der Waals surface area (Å²) >= 11 is 12.1. The normalized spacial score (nSPS) is 19.8. The number of fused-ring (bicyclic) bond motifs is 1. The van der Waals surface area contributed by atoms with Crippen LogP contribution in [0.15, 0.2) is 48.7 Å². The molecule has 27 heavy (non-hydrogen) atoms. The van der Waals surface area contributed by atoms with Crippen LogP contribution < -0.4 is 10.1 Å². The number of halogens is 2. The molecule has 2 unspecified atom stereocenters. The number of aromatic nitrogens is 1. The van der Waals surface area contributed by atoms with E-state index in [1.54, 1.807) is 0 Å². The van der Waals surface area contributed by atoms with Crippen molar-refractivity contribution in [2.45, 2.75) is 38.3 Å². The summed E-state index contributed by atoms with van der Waals surface area (Å²) in [5, 5.41) is 6.20. The standard InChI is InChI=1S/C22H21Cl2N2O/c1-14-11-15(23)6-8-22(14)27-18-4-2-3-17(13-18)26-20-9-10-25-21-12-16(24)5-7-19(20)21/h4-12,17-18H,2-3,13H2,1H3,(H,25,26). The van der Waals surface area contributed by atoms with Crippen LogP contribution in [0.3, 0.4) is 0 Å². The van der Waals surface area contributed by atoms with E-state index in [-0.39, 0.29) is 6.10 Å². The minimum Gasteiger partial charge on any atom is -0.490 e. The molecule has 1 aliphatic carbocycles. The van der Waals surface area contributed by atoms with Crippen LogP contribution in [0.4, 0.5) is 5.69 Å². The summed E-state index contributed by atoms with van der Waals surface area (Å²) in [6, 6.07) is 13.9. The highest BCUT2D eigenvalue weighted by Gasteiger charge is 2.24. The summed E-state index contributed by atoms with van der Waals surface area (Å²) in [6.07, 6.45) is 7.18. The zero-order valence-corrected chi connectivity index (χ0v) is 16.6. The summed E-state index contributed by atoms with van der Waals surface area (Å²) in [4.78, 5) is 4.42. The summed E-state index contributed by atoms with van der Waals surface area (Å²) in [5.41, 5.74) is 3.05. The second-order valence-corrected chi connectivity index (χ2v) is 7.85. The third-order valence-electron chi connectivity index (χ3n) is 4.94. The Bertz CT molecular complexity index is 960. The molecule has 0 bridgehead atoms. The van der Waals surface area contributed by atoms with E-state index in [4.69, 9.17) is 27.9 Å². The van der Waals surface area contributed by atoms with Gasteiger partial charge in [0.25, 0.3) is 0 Å². The first kappa shape index (κ1) is 18.4. The first-order valence-corrected chi connectivity index (χ1v) is 9.91. The lowest BCUT2D eigenvalue weighted by atomic mass is 9.92. The number of nitrogens with zero attached hydrogens (tertiary/aromatic N) is 1. The quantitative estimate of drug-likeness (QED) is 0.545. The molecule has 5 heteroatoms. The molecular formula is C22H21Cl2N2O. The molecule has 0 spiro atoms. The van der Waals surface area contributed by atoms with Gasteiger partial charge in [-0.15, -0.1) is 0 Å². The highest BCUT2D eigenvalue weighted by atomic mass is 35.5. The van der Waals surface area contributed by atoms with Gasteiger partial charge in [0.05, 0.1) is 5.52 Å². The highest BCUT2D eigenvalue weighted by Crippen LogP contribution is 2.30. The summed E-state index contributed by atoms with van der Waals surface area (Å²) in [6.45, 7) is 2.02. The Balaban J connectivity index is 1.47. The second-order valence-electron chi connectivity index (χ2n) is 6.98. The van der Waals surface area contributed by atoms with Gasteiger partial charge in [0.1, 0.15) is 11.9 Å². The number of hydrogen-bond donors (Lipinski definition) is 1. The van der Waals surface area contributed by atoms with Crippen LogP contribution in [-0.4, -0.2) is 17.1 Å². The Hall–Kier alpha value is -1.97. The lowest BCUT2D eigenvalue weighted by Gasteiger charge is -2.31. The number of anilines is 1. The largest absolute Gasteiger partial charge is 0.490 e. The molecule has 1 aromatic heterocycles. The van der Waals surface area contributed by atoms with Crippen LogP contribution in [0.1, 0.15) is 24.8 Å². The number of hydrogen-bond acceptors (Lipinski definition) is 3. The van der Waals surface area contributed by atoms with Crippen LogP contribution >= 0.6 is 23.2 Å². The van der Waals surface area contributed by atoms with Crippen molar-refractivity contribution in [3.8, 4) is 5.75 Å². The van der Waals surface area contributed by atoms with E-state index >= 15 is 0 Å². The van der Waals surface area contributed by atoms with Crippen molar-refractivity contribution in [3.05, 3.63) is 70.7 Å². The molecule has 1 fully saturated rings. The van der Waals surface area contributed by atoms with Gasteiger partial charge in [-0.3, -0.25) is 4.98 Å². The van der Waals surface area contributed by atoms with Gasteiger partial charge in [-0.05, 0) is 67.8 Å². The first-order valence-electron chi connectivity index (χ1n) is 9.15. The lowest BCUT2D eigenvalue weighted by Crippen LogP contribution is -2.33. The molecule has 1 heterocycles. The summed E-state index contributed by atoms with van der Waals surface area (Å²) < 4.78 is 6.23. The van der Waals surface area contributed by atoms with Gasteiger partial charge in [-0.2, -0.15) is 0 Å². The molecule has 1 radical (unpaired) electrons. The summed E-state index contributed by atoms with van der Waals surface area (Å²) in [5.74, 6) is 0.894. The predicted octanol–water partition coefficient (Wildman–Crippen LogP) is 6.47. The fourth-order valence-corrected chi connectivity index (χ4v) is 3.97. The molecule has 139 valence electrons. The Morgan fingerprint density at radius 2 is 1.89 bits per heavy atom. The molecule has 0 aliphatic heterocycles. The van der Waals surface area contributed by atoms with Gasteiger partial charge in [-0.1, -0.05) is 23.2 Å². The van der Waals surface area contributed by atoms with Gasteiger partial charge in [0.15, 0.2) is 0 Å². The minimum absolute atomic E-state index is 0.0821. The molecule has 0 saturated heterocycles. The van der Waals surface area contributed by atoms with Gasteiger partial charge in [0, 0.05) is 46.2 Å². The average molecular weight is 400 g/mol. The van der Waals surface area contributed by atoms with E-state index in [1.807, 2.05) is 55.6 Å². The number of aryl methyl sites for hydroxylation is 1. The van der Waals surface area contributed by atoms with Gasteiger partial charge in [0.2, 0.25) is 0 Å². The molecule has 0 amide bonds. The maximum Gasteiger partial charge on any atom is 0.122 e. The predicted molar refractivity (Wildman–Crippen MR) is 113 cm³/mol. The van der Waals surface area contributed by atoms with Crippen molar-refractivity contribution < 1.29 is 4.74 Å². The number of pyridine rings is 1. The second kappa shape index (κ2) is 7.95. The van der Waals surface area contributed by atoms with E-state index in [9.17, 15) is 0 Å². The lowest BCUT2D eigenvalue weighted by molar-refractivity contribution is 0.191. The van der Waals surface area contributed by atoms with Crippen LogP contribution in [0.2, 0.25) is 10.0 Å². The number of ether oxygens (including phenoxy) is 1. The molecule has 1 aliphatic rings. The third kappa shape index (κ3) is 4.31. The van der Waals surface area contributed by atoms with E-state index in [0.717, 1.165) is 52.2 Å². The maximum absolute atomic E-state index is 6.23. The molecule has 3 nitrogen and oxygen atoms in total. The summed E-state index contributed by atoms with van der Waals surface area (Å²) in [7, 11) is 0. The molecule has 2 atom stereocenters. The van der Waals surface area contributed by atoms with Crippen LogP contribution in [0.25, 0.3) is 10.9 Å². The van der Waals surface area contributed by atoms with Crippen LogP contribution in [-0.2, 0) is 0 Å². The van der Waals surface area contributed by atoms with E-state index in [1.165, 1.54) is 0 Å². The molecule has 4 rings (SSSR count). The Labute approximate surface area is 169 Å². The van der Waals surface area contributed by atoms with Crippen molar-refractivity contribution >= 4 is 39.8 Å². The van der Waals surface area contributed by atoms with E-state index in [0.29, 0.717) is 11.1 Å². The van der Waals surface area contributed by atoms with Crippen molar-refractivity contribution in [3.63, 3.8) is 0 Å². The number of rotatable bonds is 4. The molecule has 3 aromatic rings. The van der Waals surface area contributed by atoms with E-state index < -0.39 is 0 Å². The minimum atomic E-state index is 0.0821. The van der Waals surface area contributed by atoms with Gasteiger partial charge >= 0.3 is 0 Å². The highest BCUT2D eigenvalue weighted by molar-refractivity contribution is 6.31.